The van der Waals surface area contributed by atoms with Gasteiger partial charge in [-0.05, 0) is 89.5 Å². The maximum Gasteiger partial charge on any atom is 0.136 e. The molecule has 1 aromatic heterocycles. The summed E-state index contributed by atoms with van der Waals surface area (Å²) in [5.74, 6) is 2.47. The minimum Gasteiger partial charge on any atom is -0.497 e. The molecule has 1 aliphatic rings. The van der Waals surface area contributed by atoms with E-state index in [1.807, 2.05) is 30.5 Å². The second kappa shape index (κ2) is 11.1. The molecule has 0 spiro atoms. The Morgan fingerprint density at radius 2 is 1.61 bits per heavy atom. The van der Waals surface area contributed by atoms with Crippen LogP contribution >= 0.6 is 22.6 Å². The van der Waals surface area contributed by atoms with Crippen molar-refractivity contribution in [3.8, 4) is 28.5 Å². The van der Waals surface area contributed by atoms with Gasteiger partial charge in [-0.25, -0.2) is 0 Å². The van der Waals surface area contributed by atoms with Gasteiger partial charge in [0.2, 0.25) is 0 Å². The topological polar surface area (TPSA) is 55.9 Å². The number of benzene rings is 2. The number of piperidine rings is 1. The van der Waals surface area contributed by atoms with Gasteiger partial charge in [0.1, 0.15) is 17.2 Å². The van der Waals surface area contributed by atoms with Crippen molar-refractivity contribution in [1.29, 1.82) is 0 Å². The Labute approximate surface area is 209 Å². The van der Waals surface area contributed by atoms with E-state index in [0.29, 0.717) is 6.04 Å². The molecule has 0 saturated carbocycles. The zero-order valence-electron chi connectivity index (χ0n) is 19.3. The fraction of sp³-hybridized carbons (Fsp3) is 0.346. The molecule has 0 amide bonds. The Hall–Kier alpha value is -2.52. The number of hydrogen-bond acceptors (Lipinski definition) is 6. The van der Waals surface area contributed by atoms with Crippen molar-refractivity contribution in [2.24, 2.45) is 0 Å². The summed E-state index contributed by atoms with van der Waals surface area (Å²) >= 11 is 2.24. The molecule has 2 aromatic carbocycles. The second-order valence-corrected chi connectivity index (χ2v) is 9.25. The zero-order chi connectivity index (χ0) is 23.2. The van der Waals surface area contributed by atoms with E-state index < -0.39 is 0 Å². The lowest BCUT2D eigenvalue weighted by atomic mass is 10.0. The summed E-state index contributed by atoms with van der Waals surface area (Å²) in [6.45, 7) is 3.05. The van der Waals surface area contributed by atoms with Crippen LogP contribution in [0.3, 0.4) is 0 Å². The Kier molecular flexibility index (Phi) is 7.93. The largest absolute Gasteiger partial charge is 0.497 e. The maximum absolute atomic E-state index is 5.53. The molecule has 6 nitrogen and oxygen atoms in total. The molecule has 0 atom stereocenters. The van der Waals surface area contributed by atoms with E-state index in [2.05, 4.69) is 62.1 Å². The highest BCUT2D eigenvalue weighted by Gasteiger charge is 2.19. The molecule has 3 aromatic rings. The number of nitrogens with one attached hydrogen (secondary N) is 1. The van der Waals surface area contributed by atoms with E-state index in [1.165, 1.54) is 5.56 Å². The molecule has 174 valence electrons. The number of rotatable bonds is 8. The first-order valence-electron chi connectivity index (χ1n) is 11.1. The van der Waals surface area contributed by atoms with Gasteiger partial charge in [-0.1, -0.05) is 0 Å². The van der Waals surface area contributed by atoms with Crippen LogP contribution < -0.4 is 19.5 Å². The first-order chi connectivity index (χ1) is 16.1. The van der Waals surface area contributed by atoms with E-state index in [0.717, 1.165) is 70.2 Å². The van der Waals surface area contributed by atoms with Gasteiger partial charge in [-0.3, -0.25) is 9.88 Å². The fourth-order valence-corrected chi connectivity index (χ4v) is 4.92. The molecule has 0 aliphatic carbocycles. The first-order valence-corrected chi connectivity index (χ1v) is 12.2. The van der Waals surface area contributed by atoms with Crippen LogP contribution in [0, 0.1) is 3.57 Å². The Bertz CT molecular complexity index is 1040. The average molecular weight is 559 g/mol. The molecular weight excluding hydrogens is 529 g/mol. The Balaban J connectivity index is 1.37. The standard InChI is InChI=1S/C26H30IN3O3/c1-31-22-6-4-20(5-7-22)29-21-9-12-30(13-10-21)17-18-8-11-28-23(14-18)19-15-24(32-2)26(27)25(16-19)33-3/h4-8,11,14-16,21,29H,9-10,12-13,17H2,1-3H3. The lowest BCUT2D eigenvalue weighted by Gasteiger charge is -2.33. The molecular formula is C26H30IN3O3. The van der Waals surface area contributed by atoms with Crippen LogP contribution in [0.1, 0.15) is 18.4 Å². The summed E-state index contributed by atoms with van der Waals surface area (Å²) in [5, 5.41) is 3.66. The Morgan fingerprint density at radius 3 is 2.21 bits per heavy atom. The third kappa shape index (κ3) is 5.89. The van der Waals surface area contributed by atoms with Crippen molar-refractivity contribution >= 4 is 28.3 Å². The third-order valence-corrected chi connectivity index (χ3v) is 7.08. The first kappa shape index (κ1) is 23.6. The van der Waals surface area contributed by atoms with Crippen LogP contribution in [-0.4, -0.2) is 50.3 Å². The summed E-state index contributed by atoms with van der Waals surface area (Å²) < 4.78 is 17.3. The number of anilines is 1. The summed E-state index contributed by atoms with van der Waals surface area (Å²) in [4.78, 5) is 7.12. The van der Waals surface area contributed by atoms with Crippen molar-refractivity contribution in [3.05, 3.63) is 63.9 Å². The predicted molar refractivity (Wildman–Crippen MR) is 140 cm³/mol. The SMILES string of the molecule is COc1ccc(NC2CCN(Cc3ccnc(-c4cc(OC)c(I)c(OC)c4)c3)CC2)cc1. The zero-order valence-corrected chi connectivity index (χ0v) is 21.5. The van der Waals surface area contributed by atoms with Crippen molar-refractivity contribution in [3.63, 3.8) is 0 Å². The van der Waals surface area contributed by atoms with E-state index in [1.54, 1.807) is 21.3 Å². The molecule has 0 radical (unpaired) electrons. The second-order valence-electron chi connectivity index (χ2n) is 8.17. The van der Waals surface area contributed by atoms with Crippen molar-refractivity contribution < 1.29 is 14.2 Å². The maximum atomic E-state index is 5.53. The van der Waals surface area contributed by atoms with Crippen molar-refractivity contribution in [2.75, 3.05) is 39.7 Å². The van der Waals surface area contributed by atoms with Gasteiger partial charge >= 0.3 is 0 Å². The van der Waals surface area contributed by atoms with Crippen LogP contribution in [-0.2, 0) is 6.54 Å². The molecule has 4 rings (SSSR count). The third-order valence-electron chi connectivity index (χ3n) is 6.02. The number of methoxy groups -OCH3 is 3. The Morgan fingerprint density at radius 1 is 0.939 bits per heavy atom. The fourth-order valence-electron chi connectivity index (χ4n) is 4.16. The average Bonchev–Trinajstić information content (AvgIpc) is 2.86. The number of aromatic nitrogens is 1. The number of likely N-dealkylation sites (tertiary alicyclic amines) is 1. The highest BCUT2D eigenvalue weighted by atomic mass is 127. The highest BCUT2D eigenvalue weighted by Crippen LogP contribution is 2.35. The molecule has 1 saturated heterocycles. The summed E-state index contributed by atoms with van der Waals surface area (Å²) in [6, 6.07) is 17.0. The number of pyridine rings is 1. The molecule has 0 unspecified atom stereocenters. The molecule has 1 N–H and O–H groups in total. The molecule has 0 bridgehead atoms. The van der Waals surface area contributed by atoms with Gasteiger partial charge in [0, 0.05) is 43.1 Å². The number of nitrogens with zero attached hydrogens (tertiary/aromatic N) is 2. The molecule has 2 heterocycles. The van der Waals surface area contributed by atoms with Gasteiger partial charge in [0.15, 0.2) is 0 Å². The molecule has 7 heteroatoms. The van der Waals surface area contributed by atoms with Gasteiger partial charge in [0.25, 0.3) is 0 Å². The smallest absolute Gasteiger partial charge is 0.136 e. The molecule has 1 fully saturated rings. The molecule has 33 heavy (non-hydrogen) atoms. The van der Waals surface area contributed by atoms with Crippen LogP contribution in [0.4, 0.5) is 5.69 Å². The van der Waals surface area contributed by atoms with Gasteiger partial charge in [-0.2, -0.15) is 0 Å². The lowest BCUT2D eigenvalue weighted by Crippen LogP contribution is -2.38. The van der Waals surface area contributed by atoms with Gasteiger partial charge in [-0.15, -0.1) is 0 Å². The van der Waals surface area contributed by atoms with E-state index in [4.69, 9.17) is 14.2 Å². The summed E-state index contributed by atoms with van der Waals surface area (Å²) in [7, 11) is 5.05. The quantitative estimate of drug-likeness (QED) is 0.371. The number of halogens is 1. The lowest BCUT2D eigenvalue weighted by molar-refractivity contribution is 0.211. The van der Waals surface area contributed by atoms with Crippen molar-refractivity contribution in [2.45, 2.75) is 25.4 Å². The van der Waals surface area contributed by atoms with Crippen LogP contribution in [0.15, 0.2) is 54.7 Å². The monoisotopic (exact) mass is 559 g/mol. The van der Waals surface area contributed by atoms with Gasteiger partial charge < -0.3 is 19.5 Å². The molecule has 1 aliphatic heterocycles. The normalized spacial score (nSPS) is 14.7. The number of ether oxygens (including phenoxy) is 3. The minimum absolute atomic E-state index is 0.495. The van der Waals surface area contributed by atoms with Crippen LogP contribution in [0.2, 0.25) is 0 Å². The van der Waals surface area contributed by atoms with E-state index in [9.17, 15) is 0 Å². The minimum atomic E-state index is 0.495. The van der Waals surface area contributed by atoms with Gasteiger partial charge in [0.05, 0.1) is 30.6 Å². The van der Waals surface area contributed by atoms with Crippen LogP contribution in [0.25, 0.3) is 11.3 Å². The summed E-state index contributed by atoms with van der Waals surface area (Å²) in [5.41, 5.74) is 4.33. The summed E-state index contributed by atoms with van der Waals surface area (Å²) in [6.07, 6.45) is 4.13. The van der Waals surface area contributed by atoms with E-state index in [-0.39, 0.29) is 0 Å². The highest BCUT2D eigenvalue weighted by molar-refractivity contribution is 14.1. The van der Waals surface area contributed by atoms with E-state index >= 15 is 0 Å². The predicted octanol–water partition coefficient (Wildman–Crippen LogP) is 5.46. The van der Waals surface area contributed by atoms with Crippen LogP contribution in [0.5, 0.6) is 17.2 Å². The van der Waals surface area contributed by atoms with Crippen molar-refractivity contribution in [1.82, 2.24) is 9.88 Å². The number of hydrogen-bond donors (Lipinski definition) is 1.